The third kappa shape index (κ3) is 2.36. The molecule has 0 aliphatic carbocycles. The molecule has 96 valence electrons. The Kier molecular flexibility index (Phi) is 3.62. The molecule has 2 heterocycles. The third-order valence-corrected chi connectivity index (χ3v) is 2.92. The highest BCUT2D eigenvalue weighted by Crippen LogP contribution is 2.29. The zero-order chi connectivity index (χ0) is 13.1. The number of ether oxygens (including phenoxy) is 1. The molecule has 0 spiro atoms. The molecule has 1 atom stereocenters. The largest absolute Gasteiger partial charge is 0.481 e. The lowest BCUT2D eigenvalue weighted by Crippen LogP contribution is -2.05. The Labute approximate surface area is 106 Å². The van der Waals surface area contributed by atoms with Crippen LogP contribution in [0.15, 0.2) is 24.5 Å². The first-order valence-electron chi connectivity index (χ1n) is 5.78. The standard InChI is InChI=1S/C13H17N3O2/c1-9-12(13(18-3)16(2)15-9)11(17)8-10-4-6-14-7-5-10/h4-7,11,17H,8H2,1-3H3. The first-order valence-corrected chi connectivity index (χ1v) is 5.78. The predicted octanol–water partition coefficient (Wildman–Crippen LogP) is 1.41. The van der Waals surface area contributed by atoms with Crippen molar-refractivity contribution in [3.63, 3.8) is 0 Å². The second kappa shape index (κ2) is 5.18. The second-order valence-corrected chi connectivity index (χ2v) is 4.21. The summed E-state index contributed by atoms with van der Waals surface area (Å²) in [6.45, 7) is 1.87. The van der Waals surface area contributed by atoms with E-state index in [1.807, 2.05) is 19.1 Å². The first-order chi connectivity index (χ1) is 8.63. The van der Waals surface area contributed by atoms with Crippen molar-refractivity contribution < 1.29 is 9.84 Å². The minimum absolute atomic E-state index is 0.519. The maximum Gasteiger partial charge on any atom is 0.217 e. The molecule has 0 saturated carbocycles. The fourth-order valence-electron chi connectivity index (χ4n) is 2.12. The molecule has 2 aromatic heterocycles. The van der Waals surface area contributed by atoms with Crippen LogP contribution in [0.25, 0.3) is 0 Å². The average molecular weight is 247 g/mol. The van der Waals surface area contributed by atoms with E-state index in [-0.39, 0.29) is 0 Å². The van der Waals surface area contributed by atoms with Gasteiger partial charge >= 0.3 is 0 Å². The molecule has 0 aliphatic heterocycles. The van der Waals surface area contributed by atoms with Crippen LogP contribution in [0.1, 0.15) is 22.9 Å². The van der Waals surface area contributed by atoms with Crippen molar-refractivity contribution in [2.75, 3.05) is 7.11 Å². The number of rotatable bonds is 4. The van der Waals surface area contributed by atoms with Gasteiger partial charge in [0.2, 0.25) is 5.88 Å². The number of methoxy groups -OCH3 is 1. The minimum Gasteiger partial charge on any atom is -0.481 e. The number of aromatic nitrogens is 3. The second-order valence-electron chi connectivity index (χ2n) is 4.21. The highest BCUT2D eigenvalue weighted by Gasteiger charge is 2.21. The van der Waals surface area contributed by atoms with Gasteiger partial charge in [-0.1, -0.05) is 0 Å². The minimum atomic E-state index is -0.629. The van der Waals surface area contributed by atoms with Gasteiger partial charge < -0.3 is 9.84 Å². The van der Waals surface area contributed by atoms with E-state index >= 15 is 0 Å². The first kappa shape index (κ1) is 12.6. The molecular formula is C13H17N3O2. The molecule has 1 N–H and O–H groups in total. The third-order valence-electron chi connectivity index (χ3n) is 2.92. The Morgan fingerprint density at radius 3 is 2.67 bits per heavy atom. The van der Waals surface area contributed by atoms with E-state index in [2.05, 4.69) is 10.1 Å². The van der Waals surface area contributed by atoms with Crippen LogP contribution in [-0.2, 0) is 13.5 Å². The number of nitrogens with zero attached hydrogens (tertiary/aromatic N) is 3. The molecule has 5 heteroatoms. The van der Waals surface area contributed by atoms with Crippen LogP contribution in [0.2, 0.25) is 0 Å². The summed E-state index contributed by atoms with van der Waals surface area (Å²) < 4.78 is 6.92. The molecule has 0 bridgehead atoms. The molecule has 0 aliphatic rings. The molecular weight excluding hydrogens is 230 g/mol. The summed E-state index contributed by atoms with van der Waals surface area (Å²) in [7, 11) is 3.38. The Bertz CT molecular complexity index is 523. The Hall–Kier alpha value is -1.88. The zero-order valence-corrected chi connectivity index (χ0v) is 10.8. The SMILES string of the molecule is COc1c(C(O)Cc2ccncc2)c(C)nn1C. The maximum absolute atomic E-state index is 10.3. The number of pyridine rings is 1. The van der Waals surface area contributed by atoms with Gasteiger partial charge in [0, 0.05) is 25.9 Å². The zero-order valence-electron chi connectivity index (χ0n) is 10.8. The van der Waals surface area contributed by atoms with Crippen LogP contribution >= 0.6 is 0 Å². The van der Waals surface area contributed by atoms with Gasteiger partial charge in [0.1, 0.15) is 0 Å². The topological polar surface area (TPSA) is 60.2 Å². The Balaban J connectivity index is 2.26. The predicted molar refractivity (Wildman–Crippen MR) is 67.4 cm³/mol. The molecule has 0 aromatic carbocycles. The van der Waals surface area contributed by atoms with E-state index in [9.17, 15) is 5.11 Å². The van der Waals surface area contributed by atoms with Crippen LogP contribution in [0, 0.1) is 6.92 Å². The van der Waals surface area contributed by atoms with Gasteiger partial charge in [-0.25, -0.2) is 4.68 Å². The molecule has 5 nitrogen and oxygen atoms in total. The van der Waals surface area contributed by atoms with Crippen LogP contribution in [0.5, 0.6) is 5.88 Å². The van der Waals surface area contributed by atoms with E-state index in [0.717, 1.165) is 16.8 Å². The van der Waals surface area contributed by atoms with Gasteiger partial charge in [0.05, 0.1) is 24.5 Å². The molecule has 0 amide bonds. The van der Waals surface area contributed by atoms with E-state index in [1.54, 1.807) is 31.2 Å². The fourth-order valence-corrected chi connectivity index (χ4v) is 2.12. The van der Waals surface area contributed by atoms with Crippen molar-refractivity contribution in [1.29, 1.82) is 0 Å². The summed E-state index contributed by atoms with van der Waals surface area (Å²) in [6, 6.07) is 3.78. The van der Waals surface area contributed by atoms with Crippen molar-refractivity contribution >= 4 is 0 Å². The van der Waals surface area contributed by atoms with Gasteiger partial charge in [0.25, 0.3) is 0 Å². The lowest BCUT2D eigenvalue weighted by Gasteiger charge is -2.12. The molecule has 0 saturated heterocycles. The van der Waals surface area contributed by atoms with E-state index in [1.165, 1.54) is 0 Å². The highest BCUT2D eigenvalue weighted by molar-refractivity contribution is 5.34. The summed E-state index contributed by atoms with van der Waals surface area (Å²) in [6.07, 6.45) is 3.33. The number of hydrogen-bond acceptors (Lipinski definition) is 4. The average Bonchev–Trinajstić information content (AvgIpc) is 2.64. The quantitative estimate of drug-likeness (QED) is 0.887. The normalized spacial score (nSPS) is 12.4. The van der Waals surface area contributed by atoms with Crippen molar-refractivity contribution in [2.45, 2.75) is 19.4 Å². The monoisotopic (exact) mass is 247 g/mol. The van der Waals surface area contributed by atoms with E-state index in [0.29, 0.717) is 12.3 Å². The molecule has 1 unspecified atom stereocenters. The van der Waals surface area contributed by atoms with Crippen molar-refractivity contribution in [1.82, 2.24) is 14.8 Å². The van der Waals surface area contributed by atoms with Crippen molar-refractivity contribution in [3.05, 3.63) is 41.3 Å². The van der Waals surface area contributed by atoms with Gasteiger partial charge in [-0.2, -0.15) is 5.10 Å². The van der Waals surface area contributed by atoms with Crippen LogP contribution in [0.4, 0.5) is 0 Å². The summed E-state index contributed by atoms with van der Waals surface area (Å²) in [5, 5.41) is 14.6. The summed E-state index contributed by atoms with van der Waals surface area (Å²) in [4.78, 5) is 3.96. The number of aryl methyl sites for hydroxylation is 2. The van der Waals surface area contributed by atoms with Gasteiger partial charge in [0.15, 0.2) is 0 Å². The van der Waals surface area contributed by atoms with Crippen LogP contribution in [0.3, 0.4) is 0 Å². The number of aliphatic hydroxyl groups excluding tert-OH is 1. The van der Waals surface area contributed by atoms with Gasteiger partial charge in [-0.05, 0) is 24.6 Å². The summed E-state index contributed by atoms with van der Waals surface area (Å²) in [5.41, 5.74) is 2.57. The van der Waals surface area contributed by atoms with Gasteiger partial charge in [-0.3, -0.25) is 4.98 Å². The molecule has 18 heavy (non-hydrogen) atoms. The van der Waals surface area contributed by atoms with Gasteiger partial charge in [-0.15, -0.1) is 0 Å². The van der Waals surface area contributed by atoms with E-state index in [4.69, 9.17) is 4.74 Å². The lowest BCUT2D eigenvalue weighted by atomic mass is 10.0. The van der Waals surface area contributed by atoms with Crippen LogP contribution in [-0.4, -0.2) is 27.0 Å². The lowest BCUT2D eigenvalue weighted by molar-refractivity contribution is 0.172. The maximum atomic E-state index is 10.3. The van der Waals surface area contributed by atoms with Crippen LogP contribution < -0.4 is 4.74 Å². The Morgan fingerprint density at radius 1 is 1.39 bits per heavy atom. The molecule has 2 rings (SSSR count). The molecule has 2 aromatic rings. The summed E-state index contributed by atoms with van der Waals surface area (Å²) in [5.74, 6) is 0.606. The number of hydrogen-bond donors (Lipinski definition) is 1. The highest BCUT2D eigenvalue weighted by atomic mass is 16.5. The molecule has 0 radical (unpaired) electrons. The smallest absolute Gasteiger partial charge is 0.217 e. The van der Waals surface area contributed by atoms with Crippen molar-refractivity contribution in [3.8, 4) is 5.88 Å². The van der Waals surface area contributed by atoms with Crippen molar-refractivity contribution in [2.24, 2.45) is 7.05 Å². The van der Waals surface area contributed by atoms with E-state index < -0.39 is 6.10 Å². The summed E-state index contributed by atoms with van der Waals surface area (Å²) >= 11 is 0. The molecule has 0 fully saturated rings. The fraction of sp³-hybridized carbons (Fsp3) is 0.385. The Morgan fingerprint density at radius 2 is 2.06 bits per heavy atom. The number of aliphatic hydroxyl groups is 1.